The quantitative estimate of drug-likeness (QED) is 0.410. The van der Waals surface area contributed by atoms with Crippen LogP contribution in [0.3, 0.4) is 0 Å². The first-order chi connectivity index (χ1) is 14.1. The number of fused-ring (bicyclic) bond motifs is 1. The van der Waals surface area contributed by atoms with E-state index in [2.05, 4.69) is 20.2 Å². The molecule has 150 valence electrons. The van der Waals surface area contributed by atoms with Gasteiger partial charge in [-0.3, -0.25) is 9.59 Å². The lowest BCUT2D eigenvalue weighted by atomic mass is 10.2. The van der Waals surface area contributed by atoms with E-state index in [9.17, 15) is 9.59 Å². The molecule has 0 aliphatic heterocycles. The molecule has 0 saturated heterocycles. The highest BCUT2D eigenvalue weighted by molar-refractivity contribution is 7.98. The van der Waals surface area contributed by atoms with Gasteiger partial charge in [0.15, 0.2) is 5.16 Å². The fraction of sp³-hybridized carbons (Fsp3) is 0.278. The van der Waals surface area contributed by atoms with E-state index in [-0.39, 0.29) is 17.9 Å². The molecule has 0 bridgehead atoms. The Kier molecular flexibility index (Phi) is 5.49. The standard InChI is InChI=1S/C18H18N6O3S2/c1-2-24-14(6-5-12(19)25)22-23-18(24)29-9-13-20-16(26)15-10(8-28-17(15)21-13)11-4-3-7-27-11/h3-4,7-8H,2,5-6,9H2,1H3,(H2,19,25)(H,20,21,26). The summed E-state index contributed by atoms with van der Waals surface area (Å²) >= 11 is 2.83. The molecule has 0 fully saturated rings. The number of hydrogen-bond donors (Lipinski definition) is 2. The predicted molar refractivity (Wildman–Crippen MR) is 111 cm³/mol. The number of aryl methyl sites for hydroxylation is 1. The third-order valence-electron chi connectivity index (χ3n) is 4.32. The number of aromatic amines is 1. The van der Waals surface area contributed by atoms with Gasteiger partial charge < -0.3 is 19.7 Å². The molecule has 4 aromatic rings. The summed E-state index contributed by atoms with van der Waals surface area (Å²) in [6.45, 7) is 2.65. The number of carbonyl (C=O) groups excluding carboxylic acids is 1. The van der Waals surface area contributed by atoms with Crippen molar-refractivity contribution in [3.63, 3.8) is 0 Å². The molecule has 0 atom stereocenters. The van der Waals surface area contributed by atoms with Gasteiger partial charge >= 0.3 is 0 Å². The van der Waals surface area contributed by atoms with Gasteiger partial charge in [0, 0.05) is 30.3 Å². The molecule has 11 heteroatoms. The maximum Gasteiger partial charge on any atom is 0.260 e. The number of H-pyrrole nitrogens is 1. The summed E-state index contributed by atoms with van der Waals surface area (Å²) in [4.78, 5) is 31.8. The van der Waals surface area contributed by atoms with Crippen LogP contribution >= 0.6 is 23.1 Å². The number of nitrogens with one attached hydrogen (secondary N) is 1. The fourth-order valence-electron chi connectivity index (χ4n) is 2.97. The second-order valence-electron chi connectivity index (χ2n) is 6.22. The van der Waals surface area contributed by atoms with E-state index in [0.717, 1.165) is 5.56 Å². The zero-order valence-corrected chi connectivity index (χ0v) is 17.2. The molecule has 29 heavy (non-hydrogen) atoms. The molecule has 0 spiro atoms. The van der Waals surface area contributed by atoms with Crippen molar-refractivity contribution in [3.8, 4) is 11.3 Å². The van der Waals surface area contributed by atoms with Gasteiger partial charge in [0.2, 0.25) is 5.91 Å². The largest absolute Gasteiger partial charge is 0.464 e. The number of thioether (sulfide) groups is 1. The van der Waals surface area contributed by atoms with Crippen LogP contribution in [-0.4, -0.2) is 30.6 Å². The highest BCUT2D eigenvalue weighted by Gasteiger charge is 2.16. The first-order valence-corrected chi connectivity index (χ1v) is 10.8. The van der Waals surface area contributed by atoms with Gasteiger partial charge in [-0.1, -0.05) is 11.8 Å². The van der Waals surface area contributed by atoms with Crippen molar-refractivity contribution in [1.29, 1.82) is 0 Å². The highest BCUT2D eigenvalue weighted by Crippen LogP contribution is 2.31. The Bertz CT molecular complexity index is 1210. The van der Waals surface area contributed by atoms with Crippen LogP contribution in [0.2, 0.25) is 0 Å². The minimum absolute atomic E-state index is 0.197. The lowest BCUT2D eigenvalue weighted by Gasteiger charge is -2.06. The molecular weight excluding hydrogens is 412 g/mol. The van der Waals surface area contributed by atoms with Crippen LogP contribution in [0.4, 0.5) is 0 Å². The lowest BCUT2D eigenvalue weighted by Crippen LogP contribution is -2.13. The van der Waals surface area contributed by atoms with Crippen molar-refractivity contribution >= 4 is 39.2 Å². The third kappa shape index (κ3) is 3.96. The number of carbonyl (C=O) groups is 1. The normalized spacial score (nSPS) is 11.3. The van der Waals surface area contributed by atoms with Gasteiger partial charge in [-0.05, 0) is 19.1 Å². The number of amides is 1. The Balaban J connectivity index is 1.55. The molecule has 0 aromatic carbocycles. The summed E-state index contributed by atoms with van der Waals surface area (Å²) in [7, 11) is 0. The lowest BCUT2D eigenvalue weighted by molar-refractivity contribution is -0.118. The second kappa shape index (κ2) is 8.21. The topological polar surface area (TPSA) is 133 Å². The number of rotatable bonds is 8. The number of primary amides is 1. The van der Waals surface area contributed by atoms with Crippen LogP contribution in [0, 0.1) is 0 Å². The average Bonchev–Trinajstić information content (AvgIpc) is 3.43. The summed E-state index contributed by atoms with van der Waals surface area (Å²) in [5.41, 5.74) is 5.76. The molecule has 1 amide bonds. The summed E-state index contributed by atoms with van der Waals surface area (Å²) < 4.78 is 7.35. The van der Waals surface area contributed by atoms with Crippen molar-refractivity contribution in [3.05, 3.63) is 45.8 Å². The van der Waals surface area contributed by atoms with E-state index >= 15 is 0 Å². The van der Waals surface area contributed by atoms with Crippen molar-refractivity contribution < 1.29 is 9.21 Å². The van der Waals surface area contributed by atoms with E-state index in [1.54, 1.807) is 12.3 Å². The van der Waals surface area contributed by atoms with Gasteiger partial charge in [-0.2, -0.15) is 0 Å². The van der Waals surface area contributed by atoms with Crippen molar-refractivity contribution in [1.82, 2.24) is 24.7 Å². The number of thiophene rings is 1. The molecule has 9 nitrogen and oxygen atoms in total. The van der Waals surface area contributed by atoms with Crippen molar-refractivity contribution in [2.75, 3.05) is 0 Å². The molecule has 4 heterocycles. The number of nitrogens with two attached hydrogens (primary N) is 1. The molecule has 4 rings (SSSR count). The molecule has 3 N–H and O–H groups in total. The Labute approximate surface area is 173 Å². The first kappa shape index (κ1) is 19.4. The predicted octanol–water partition coefficient (Wildman–Crippen LogP) is 2.57. The van der Waals surface area contributed by atoms with E-state index in [1.807, 2.05) is 22.9 Å². The van der Waals surface area contributed by atoms with Crippen molar-refractivity contribution in [2.45, 2.75) is 37.2 Å². The molecular formula is C18H18N6O3S2. The van der Waals surface area contributed by atoms with E-state index in [0.29, 0.717) is 51.5 Å². The maximum atomic E-state index is 12.6. The number of aromatic nitrogens is 5. The fourth-order valence-corrected chi connectivity index (χ4v) is 4.81. The van der Waals surface area contributed by atoms with Crippen molar-refractivity contribution in [2.24, 2.45) is 5.73 Å². The van der Waals surface area contributed by atoms with Crippen LogP contribution in [0.1, 0.15) is 25.0 Å². The molecule has 0 aliphatic carbocycles. The van der Waals surface area contributed by atoms with Gasteiger partial charge in [-0.15, -0.1) is 21.5 Å². The van der Waals surface area contributed by atoms with Crippen LogP contribution in [-0.2, 0) is 23.5 Å². The number of nitrogens with zero attached hydrogens (tertiary/aromatic N) is 4. The summed E-state index contributed by atoms with van der Waals surface area (Å²) in [6.07, 6.45) is 2.25. The van der Waals surface area contributed by atoms with Crippen LogP contribution in [0.25, 0.3) is 21.5 Å². The van der Waals surface area contributed by atoms with Crippen LogP contribution in [0.5, 0.6) is 0 Å². The van der Waals surface area contributed by atoms with Gasteiger partial charge in [0.1, 0.15) is 22.2 Å². The van der Waals surface area contributed by atoms with Crippen LogP contribution in [0.15, 0.2) is 38.1 Å². The molecule has 4 aromatic heterocycles. The van der Waals surface area contributed by atoms with Crippen LogP contribution < -0.4 is 11.3 Å². The Morgan fingerprint density at radius 1 is 1.41 bits per heavy atom. The smallest absolute Gasteiger partial charge is 0.260 e. The minimum atomic E-state index is -0.371. The Morgan fingerprint density at radius 3 is 3.00 bits per heavy atom. The molecule has 0 radical (unpaired) electrons. The highest BCUT2D eigenvalue weighted by atomic mass is 32.2. The summed E-state index contributed by atoms with van der Waals surface area (Å²) in [5.74, 6) is 1.99. The minimum Gasteiger partial charge on any atom is -0.464 e. The van der Waals surface area contributed by atoms with E-state index in [1.165, 1.54) is 23.1 Å². The average molecular weight is 431 g/mol. The molecule has 0 aliphatic rings. The van der Waals surface area contributed by atoms with Gasteiger partial charge in [0.05, 0.1) is 17.4 Å². The first-order valence-electron chi connectivity index (χ1n) is 8.94. The summed E-state index contributed by atoms with van der Waals surface area (Å²) in [5, 5.41) is 11.5. The number of furan rings is 1. The zero-order valence-electron chi connectivity index (χ0n) is 15.5. The molecule has 0 unspecified atom stereocenters. The number of hydrogen-bond acceptors (Lipinski definition) is 8. The Hall–Kier alpha value is -2.92. The van der Waals surface area contributed by atoms with Gasteiger partial charge in [-0.25, -0.2) is 4.98 Å². The summed E-state index contributed by atoms with van der Waals surface area (Å²) in [6, 6.07) is 3.60. The zero-order chi connectivity index (χ0) is 20.4. The molecule has 0 saturated carbocycles. The maximum absolute atomic E-state index is 12.6. The third-order valence-corrected chi connectivity index (χ3v) is 6.17. The van der Waals surface area contributed by atoms with E-state index < -0.39 is 0 Å². The van der Waals surface area contributed by atoms with E-state index in [4.69, 9.17) is 10.2 Å². The monoisotopic (exact) mass is 430 g/mol. The second-order valence-corrected chi connectivity index (χ2v) is 8.02. The SMILES string of the molecule is CCn1c(CCC(N)=O)nnc1SCc1nc2scc(-c3ccco3)c2c(=O)[nH]1. The van der Waals surface area contributed by atoms with Gasteiger partial charge in [0.25, 0.3) is 5.56 Å². The Morgan fingerprint density at radius 2 is 2.28 bits per heavy atom.